The van der Waals surface area contributed by atoms with Crippen LogP contribution in [-0.4, -0.2) is 18.2 Å². The summed E-state index contributed by atoms with van der Waals surface area (Å²) in [4.78, 5) is 10.7. The molecule has 3 heteroatoms. The molecule has 1 aromatic rings. The zero-order valence-electron chi connectivity index (χ0n) is 11.4. The lowest BCUT2D eigenvalue weighted by atomic mass is 9.89. The second kappa shape index (κ2) is 7.04. The third-order valence-electron chi connectivity index (χ3n) is 3.34. The van der Waals surface area contributed by atoms with E-state index in [2.05, 4.69) is 26.0 Å². The highest BCUT2D eigenvalue weighted by atomic mass is 16.5. The molecule has 1 aromatic carbocycles. The molecule has 0 saturated heterocycles. The van der Waals surface area contributed by atoms with Gasteiger partial charge in [-0.1, -0.05) is 26.0 Å². The molecular formula is C15H22O3. The van der Waals surface area contributed by atoms with Crippen molar-refractivity contribution < 1.29 is 14.6 Å². The Bertz CT molecular complexity index is 399. The molecule has 1 N–H and O–H groups in total. The SMILES string of the molecule is CCc1ccc(OC)c(C(CC)CCC(=O)O)c1. The summed E-state index contributed by atoms with van der Waals surface area (Å²) in [7, 11) is 1.66. The third-order valence-corrected chi connectivity index (χ3v) is 3.34. The standard InChI is InChI=1S/C15H22O3/c1-4-11-6-8-14(18-3)13(10-11)12(5-2)7-9-15(16)17/h6,8,10,12H,4-5,7,9H2,1-3H3,(H,16,17). The Morgan fingerprint density at radius 1 is 1.39 bits per heavy atom. The van der Waals surface area contributed by atoms with Crippen LogP contribution in [0.5, 0.6) is 5.75 Å². The highest BCUT2D eigenvalue weighted by Crippen LogP contribution is 2.33. The van der Waals surface area contributed by atoms with E-state index in [1.165, 1.54) is 5.56 Å². The van der Waals surface area contributed by atoms with E-state index < -0.39 is 5.97 Å². The molecule has 0 aliphatic rings. The second-order valence-corrected chi connectivity index (χ2v) is 4.47. The van der Waals surface area contributed by atoms with Crippen LogP contribution >= 0.6 is 0 Å². The van der Waals surface area contributed by atoms with E-state index in [0.717, 1.165) is 24.2 Å². The molecule has 1 atom stereocenters. The van der Waals surface area contributed by atoms with Crippen molar-refractivity contribution in [3.05, 3.63) is 29.3 Å². The van der Waals surface area contributed by atoms with Crippen molar-refractivity contribution in [1.82, 2.24) is 0 Å². The summed E-state index contributed by atoms with van der Waals surface area (Å²) in [6.07, 6.45) is 2.77. The predicted octanol–water partition coefficient (Wildman–Crippen LogP) is 3.62. The summed E-state index contributed by atoms with van der Waals surface area (Å²) >= 11 is 0. The Hall–Kier alpha value is -1.51. The number of rotatable bonds is 7. The van der Waals surface area contributed by atoms with E-state index >= 15 is 0 Å². The monoisotopic (exact) mass is 250 g/mol. The zero-order valence-corrected chi connectivity index (χ0v) is 11.4. The predicted molar refractivity (Wildman–Crippen MR) is 72.3 cm³/mol. The fourth-order valence-corrected chi connectivity index (χ4v) is 2.20. The first-order valence-electron chi connectivity index (χ1n) is 6.50. The lowest BCUT2D eigenvalue weighted by Gasteiger charge is -2.18. The number of carbonyl (C=O) groups is 1. The molecule has 0 heterocycles. The number of ether oxygens (including phenoxy) is 1. The maximum absolute atomic E-state index is 10.7. The van der Waals surface area contributed by atoms with Gasteiger partial charge >= 0.3 is 5.97 Å². The Kier molecular flexibility index (Phi) is 5.69. The smallest absolute Gasteiger partial charge is 0.303 e. The van der Waals surface area contributed by atoms with E-state index in [4.69, 9.17) is 9.84 Å². The summed E-state index contributed by atoms with van der Waals surface area (Å²) in [5, 5.41) is 8.80. The van der Waals surface area contributed by atoms with Crippen LogP contribution in [0.2, 0.25) is 0 Å². The fraction of sp³-hybridized carbons (Fsp3) is 0.533. The van der Waals surface area contributed by atoms with Crippen LogP contribution in [0.15, 0.2) is 18.2 Å². The molecule has 0 saturated carbocycles. The van der Waals surface area contributed by atoms with Gasteiger partial charge in [-0.2, -0.15) is 0 Å². The molecule has 0 aliphatic carbocycles. The van der Waals surface area contributed by atoms with Gasteiger partial charge in [0.2, 0.25) is 0 Å². The van der Waals surface area contributed by atoms with Crippen molar-refractivity contribution >= 4 is 5.97 Å². The van der Waals surface area contributed by atoms with Gasteiger partial charge in [-0.3, -0.25) is 4.79 Å². The Morgan fingerprint density at radius 2 is 2.11 bits per heavy atom. The average Bonchev–Trinajstić information content (AvgIpc) is 2.38. The Morgan fingerprint density at radius 3 is 2.61 bits per heavy atom. The Balaban J connectivity index is 2.97. The molecule has 1 unspecified atom stereocenters. The first-order valence-corrected chi connectivity index (χ1v) is 6.50. The van der Waals surface area contributed by atoms with Gasteiger partial charge in [0, 0.05) is 6.42 Å². The van der Waals surface area contributed by atoms with Gasteiger partial charge in [-0.25, -0.2) is 0 Å². The van der Waals surface area contributed by atoms with Gasteiger partial charge in [0.05, 0.1) is 7.11 Å². The first-order chi connectivity index (χ1) is 8.62. The number of hydrogen-bond acceptors (Lipinski definition) is 2. The van der Waals surface area contributed by atoms with E-state index in [1.807, 2.05) is 6.07 Å². The van der Waals surface area contributed by atoms with E-state index in [0.29, 0.717) is 6.42 Å². The summed E-state index contributed by atoms with van der Waals surface area (Å²) in [6.45, 7) is 4.20. The fourth-order valence-electron chi connectivity index (χ4n) is 2.20. The van der Waals surface area contributed by atoms with E-state index in [9.17, 15) is 4.79 Å². The molecule has 0 bridgehead atoms. The molecular weight excluding hydrogens is 228 g/mol. The van der Waals surface area contributed by atoms with Crippen LogP contribution in [-0.2, 0) is 11.2 Å². The van der Waals surface area contributed by atoms with Crippen LogP contribution in [0.1, 0.15) is 50.2 Å². The molecule has 0 fully saturated rings. The number of benzene rings is 1. The van der Waals surface area contributed by atoms with Crippen LogP contribution in [0.4, 0.5) is 0 Å². The van der Waals surface area contributed by atoms with Crippen molar-refractivity contribution in [2.24, 2.45) is 0 Å². The molecule has 0 amide bonds. The maximum Gasteiger partial charge on any atom is 0.303 e. The van der Waals surface area contributed by atoms with Gasteiger partial charge in [0.1, 0.15) is 5.75 Å². The minimum atomic E-state index is -0.737. The largest absolute Gasteiger partial charge is 0.496 e. The van der Waals surface area contributed by atoms with Gasteiger partial charge in [0.15, 0.2) is 0 Å². The van der Waals surface area contributed by atoms with E-state index in [-0.39, 0.29) is 12.3 Å². The number of carboxylic acid groups (broad SMARTS) is 1. The number of aryl methyl sites for hydroxylation is 1. The first kappa shape index (κ1) is 14.6. The third kappa shape index (κ3) is 3.76. The van der Waals surface area contributed by atoms with Gasteiger partial charge < -0.3 is 9.84 Å². The van der Waals surface area contributed by atoms with Crippen molar-refractivity contribution in [2.75, 3.05) is 7.11 Å². The number of methoxy groups -OCH3 is 1. The summed E-state index contributed by atoms with van der Waals surface area (Å²) in [6, 6.07) is 6.19. The van der Waals surface area contributed by atoms with Gasteiger partial charge in [-0.05, 0) is 42.4 Å². The normalized spacial score (nSPS) is 12.2. The minimum absolute atomic E-state index is 0.206. The average molecular weight is 250 g/mol. The van der Waals surface area contributed by atoms with Crippen molar-refractivity contribution in [1.29, 1.82) is 0 Å². The summed E-state index contributed by atoms with van der Waals surface area (Å²) in [5.74, 6) is 0.381. The topological polar surface area (TPSA) is 46.5 Å². The van der Waals surface area contributed by atoms with Gasteiger partial charge in [-0.15, -0.1) is 0 Å². The highest BCUT2D eigenvalue weighted by molar-refractivity contribution is 5.66. The molecule has 0 radical (unpaired) electrons. The molecule has 18 heavy (non-hydrogen) atoms. The van der Waals surface area contributed by atoms with E-state index in [1.54, 1.807) is 7.11 Å². The van der Waals surface area contributed by atoms with Gasteiger partial charge in [0.25, 0.3) is 0 Å². The molecule has 0 aliphatic heterocycles. The minimum Gasteiger partial charge on any atom is -0.496 e. The Labute approximate surface area is 109 Å². The lowest BCUT2D eigenvalue weighted by Crippen LogP contribution is -2.05. The van der Waals surface area contributed by atoms with Crippen molar-refractivity contribution in [3.8, 4) is 5.75 Å². The second-order valence-electron chi connectivity index (χ2n) is 4.47. The number of carboxylic acids is 1. The molecule has 1 rings (SSSR count). The van der Waals surface area contributed by atoms with Crippen molar-refractivity contribution in [3.63, 3.8) is 0 Å². The van der Waals surface area contributed by atoms with Crippen LogP contribution < -0.4 is 4.74 Å². The number of hydrogen-bond donors (Lipinski definition) is 1. The molecule has 0 aromatic heterocycles. The lowest BCUT2D eigenvalue weighted by molar-refractivity contribution is -0.137. The maximum atomic E-state index is 10.7. The summed E-state index contributed by atoms with van der Waals surface area (Å²) < 4.78 is 5.39. The quantitative estimate of drug-likeness (QED) is 0.804. The van der Waals surface area contributed by atoms with Crippen LogP contribution in [0, 0.1) is 0 Å². The summed E-state index contributed by atoms with van der Waals surface area (Å²) in [5.41, 5.74) is 2.40. The number of aliphatic carboxylic acids is 1. The molecule has 100 valence electrons. The van der Waals surface area contributed by atoms with Crippen LogP contribution in [0.3, 0.4) is 0 Å². The van der Waals surface area contributed by atoms with Crippen molar-refractivity contribution in [2.45, 2.75) is 45.4 Å². The molecule has 0 spiro atoms. The zero-order chi connectivity index (χ0) is 13.5. The van der Waals surface area contributed by atoms with Crippen LogP contribution in [0.25, 0.3) is 0 Å². The molecule has 3 nitrogen and oxygen atoms in total. The highest BCUT2D eigenvalue weighted by Gasteiger charge is 2.16.